The van der Waals surface area contributed by atoms with Gasteiger partial charge in [-0.3, -0.25) is 4.79 Å². The summed E-state index contributed by atoms with van der Waals surface area (Å²) in [7, 11) is 0. The lowest BCUT2D eigenvalue weighted by Gasteiger charge is -2.12. The summed E-state index contributed by atoms with van der Waals surface area (Å²) < 4.78 is 43.9. The van der Waals surface area contributed by atoms with Crippen molar-refractivity contribution in [1.29, 1.82) is 0 Å². The monoisotopic (exact) mass is 449 g/mol. The van der Waals surface area contributed by atoms with Crippen LogP contribution in [0.5, 0.6) is 5.75 Å². The summed E-state index contributed by atoms with van der Waals surface area (Å²) in [6, 6.07) is 14.8. The van der Waals surface area contributed by atoms with E-state index in [2.05, 4.69) is 5.32 Å². The van der Waals surface area contributed by atoms with Gasteiger partial charge in [-0.05, 0) is 48.0 Å². The Morgan fingerprint density at radius 3 is 2.32 bits per heavy atom. The third-order valence-electron chi connectivity index (χ3n) is 4.24. The van der Waals surface area contributed by atoms with Crippen LogP contribution >= 0.6 is 11.6 Å². The molecule has 31 heavy (non-hydrogen) atoms. The molecule has 0 spiro atoms. The molecule has 3 aromatic carbocycles. The molecule has 0 saturated heterocycles. The Labute approximate surface area is 180 Å². The Bertz CT molecular complexity index is 1130. The molecule has 3 rings (SSSR count). The SMILES string of the molecule is O=C(O)c1ccccc1C(=O)Nc1ccc(OCc2cccc(C(F)(F)F)c2)c(Cl)c1. The molecule has 0 atom stereocenters. The van der Waals surface area contributed by atoms with Crippen molar-refractivity contribution in [2.45, 2.75) is 12.8 Å². The number of nitrogens with one attached hydrogen (secondary N) is 1. The third kappa shape index (κ3) is 5.55. The van der Waals surface area contributed by atoms with Crippen LogP contribution in [0.1, 0.15) is 31.8 Å². The summed E-state index contributed by atoms with van der Waals surface area (Å²) >= 11 is 6.16. The summed E-state index contributed by atoms with van der Waals surface area (Å²) in [4.78, 5) is 23.7. The van der Waals surface area contributed by atoms with Crippen LogP contribution in [0, 0.1) is 0 Å². The van der Waals surface area contributed by atoms with Gasteiger partial charge in [-0.25, -0.2) is 4.79 Å². The number of anilines is 1. The number of carboxylic acids is 1. The highest BCUT2D eigenvalue weighted by Gasteiger charge is 2.30. The molecule has 0 aliphatic heterocycles. The van der Waals surface area contributed by atoms with E-state index in [4.69, 9.17) is 16.3 Å². The lowest BCUT2D eigenvalue weighted by atomic mass is 10.1. The van der Waals surface area contributed by atoms with Gasteiger partial charge in [0.1, 0.15) is 12.4 Å². The van der Waals surface area contributed by atoms with Crippen LogP contribution in [0.15, 0.2) is 66.7 Å². The Morgan fingerprint density at radius 1 is 0.968 bits per heavy atom. The number of carboxylic acid groups (broad SMARTS) is 1. The van der Waals surface area contributed by atoms with E-state index in [1.807, 2.05) is 0 Å². The van der Waals surface area contributed by atoms with Crippen molar-refractivity contribution < 1.29 is 32.6 Å². The second-order valence-electron chi connectivity index (χ2n) is 6.44. The molecular weight excluding hydrogens is 435 g/mol. The van der Waals surface area contributed by atoms with Gasteiger partial charge in [0.2, 0.25) is 0 Å². The standard InChI is InChI=1S/C22H15ClF3NO4/c23-18-11-15(27-20(28)16-6-1-2-7-17(16)21(29)30)8-9-19(18)31-12-13-4-3-5-14(10-13)22(24,25)26/h1-11H,12H2,(H,27,28)(H,29,30). The van der Waals surface area contributed by atoms with Crippen LogP contribution in [-0.4, -0.2) is 17.0 Å². The number of carbonyl (C=O) groups is 2. The first-order valence-electron chi connectivity index (χ1n) is 8.87. The number of halogens is 4. The molecule has 0 fully saturated rings. The Morgan fingerprint density at radius 2 is 1.68 bits per heavy atom. The van der Waals surface area contributed by atoms with Crippen molar-refractivity contribution >= 4 is 29.2 Å². The van der Waals surface area contributed by atoms with E-state index >= 15 is 0 Å². The second kappa shape index (κ2) is 9.09. The average molecular weight is 450 g/mol. The predicted molar refractivity (Wildman–Crippen MR) is 109 cm³/mol. The van der Waals surface area contributed by atoms with Crippen LogP contribution in [0.2, 0.25) is 5.02 Å². The highest BCUT2D eigenvalue weighted by molar-refractivity contribution is 6.32. The van der Waals surface area contributed by atoms with E-state index in [1.165, 1.54) is 48.5 Å². The number of benzene rings is 3. The minimum atomic E-state index is -4.45. The first kappa shape index (κ1) is 22.2. The van der Waals surface area contributed by atoms with E-state index in [1.54, 1.807) is 6.07 Å². The lowest BCUT2D eigenvalue weighted by molar-refractivity contribution is -0.137. The van der Waals surface area contributed by atoms with Crippen LogP contribution in [0.25, 0.3) is 0 Å². The molecule has 0 unspecified atom stereocenters. The maximum atomic E-state index is 12.8. The number of alkyl halides is 3. The molecule has 0 bridgehead atoms. The molecule has 0 aliphatic rings. The van der Waals surface area contributed by atoms with Crippen molar-refractivity contribution in [3.05, 3.63) is 94.0 Å². The van der Waals surface area contributed by atoms with Gasteiger partial charge in [-0.1, -0.05) is 35.9 Å². The van der Waals surface area contributed by atoms with E-state index in [0.29, 0.717) is 11.3 Å². The number of hydrogen-bond donors (Lipinski definition) is 2. The number of carbonyl (C=O) groups excluding carboxylic acids is 1. The smallest absolute Gasteiger partial charge is 0.416 e. The fraction of sp³-hybridized carbons (Fsp3) is 0.0909. The number of aromatic carboxylic acids is 1. The summed E-state index contributed by atoms with van der Waals surface area (Å²) in [5, 5.41) is 11.9. The fourth-order valence-electron chi connectivity index (χ4n) is 2.76. The van der Waals surface area contributed by atoms with Crippen molar-refractivity contribution in [3.63, 3.8) is 0 Å². The quantitative estimate of drug-likeness (QED) is 0.492. The maximum Gasteiger partial charge on any atom is 0.416 e. The normalized spacial score (nSPS) is 11.1. The van der Waals surface area contributed by atoms with Crippen molar-refractivity contribution in [2.75, 3.05) is 5.32 Å². The highest BCUT2D eigenvalue weighted by atomic mass is 35.5. The summed E-state index contributed by atoms with van der Waals surface area (Å²) in [5.74, 6) is -1.66. The van der Waals surface area contributed by atoms with E-state index in [0.717, 1.165) is 12.1 Å². The molecule has 2 N–H and O–H groups in total. The zero-order valence-electron chi connectivity index (χ0n) is 15.7. The second-order valence-corrected chi connectivity index (χ2v) is 6.84. The van der Waals surface area contributed by atoms with Crippen molar-refractivity contribution in [1.82, 2.24) is 0 Å². The zero-order valence-corrected chi connectivity index (χ0v) is 16.5. The number of hydrogen-bond acceptors (Lipinski definition) is 3. The van der Waals surface area contributed by atoms with Gasteiger partial charge in [-0.2, -0.15) is 13.2 Å². The number of amides is 1. The first-order valence-corrected chi connectivity index (χ1v) is 9.25. The Hall–Kier alpha value is -3.52. The van der Waals surface area contributed by atoms with Gasteiger partial charge < -0.3 is 15.2 Å². The van der Waals surface area contributed by atoms with Gasteiger partial charge in [0.25, 0.3) is 5.91 Å². The molecule has 160 valence electrons. The summed E-state index contributed by atoms with van der Waals surface area (Å²) in [6.07, 6.45) is -4.45. The summed E-state index contributed by atoms with van der Waals surface area (Å²) in [5.41, 5.74) is -0.335. The van der Waals surface area contributed by atoms with Gasteiger partial charge >= 0.3 is 12.1 Å². The van der Waals surface area contributed by atoms with Gasteiger partial charge in [0, 0.05) is 5.69 Å². The molecule has 0 radical (unpaired) electrons. The predicted octanol–water partition coefficient (Wildman–Crippen LogP) is 5.89. The van der Waals surface area contributed by atoms with E-state index in [9.17, 15) is 27.9 Å². The molecule has 0 aromatic heterocycles. The van der Waals surface area contributed by atoms with Crippen molar-refractivity contribution in [2.24, 2.45) is 0 Å². The number of rotatable bonds is 6. The minimum Gasteiger partial charge on any atom is -0.487 e. The van der Waals surface area contributed by atoms with Crippen LogP contribution in [0.4, 0.5) is 18.9 Å². The van der Waals surface area contributed by atoms with E-state index < -0.39 is 23.6 Å². The largest absolute Gasteiger partial charge is 0.487 e. The molecular formula is C22H15ClF3NO4. The van der Waals surface area contributed by atoms with Crippen LogP contribution in [-0.2, 0) is 12.8 Å². The van der Waals surface area contributed by atoms with Gasteiger partial charge in [0.05, 0.1) is 21.7 Å². The Kier molecular flexibility index (Phi) is 6.50. The van der Waals surface area contributed by atoms with Gasteiger partial charge in [0.15, 0.2) is 0 Å². The Balaban J connectivity index is 1.70. The van der Waals surface area contributed by atoms with Crippen LogP contribution in [0.3, 0.4) is 0 Å². The summed E-state index contributed by atoms with van der Waals surface area (Å²) in [6.45, 7) is -0.138. The third-order valence-corrected chi connectivity index (χ3v) is 4.54. The first-order chi connectivity index (χ1) is 14.6. The zero-order chi connectivity index (χ0) is 22.6. The molecule has 0 saturated carbocycles. The number of ether oxygens (including phenoxy) is 1. The molecule has 3 aromatic rings. The van der Waals surface area contributed by atoms with Crippen LogP contribution < -0.4 is 10.1 Å². The fourth-order valence-corrected chi connectivity index (χ4v) is 3.00. The van der Waals surface area contributed by atoms with E-state index in [-0.39, 0.29) is 28.5 Å². The van der Waals surface area contributed by atoms with Crippen molar-refractivity contribution in [3.8, 4) is 5.75 Å². The van der Waals surface area contributed by atoms with Gasteiger partial charge in [-0.15, -0.1) is 0 Å². The minimum absolute atomic E-state index is 0.0176. The average Bonchev–Trinajstić information content (AvgIpc) is 2.72. The molecule has 9 heteroatoms. The molecule has 0 aliphatic carbocycles. The lowest BCUT2D eigenvalue weighted by Crippen LogP contribution is -2.16. The molecule has 1 amide bonds. The molecule has 5 nitrogen and oxygen atoms in total. The highest BCUT2D eigenvalue weighted by Crippen LogP contribution is 2.31. The molecule has 0 heterocycles. The maximum absolute atomic E-state index is 12.8. The topological polar surface area (TPSA) is 75.6 Å².